The quantitative estimate of drug-likeness (QED) is 0.813. The van der Waals surface area contributed by atoms with E-state index >= 15 is 0 Å². The molecule has 0 aliphatic rings. The number of amides is 1. The average molecular weight is 354 g/mol. The predicted molar refractivity (Wildman–Crippen MR) is 85.9 cm³/mol. The summed E-state index contributed by atoms with van der Waals surface area (Å²) in [4.78, 5) is 12.2. The summed E-state index contributed by atoms with van der Waals surface area (Å²) >= 11 is 9.21. The number of carbonyl (C=O) groups excluding carboxylic acids is 1. The minimum absolute atomic E-state index is 0.106. The highest BCUT2D eigenvalue weighted by molar-refractivity contribution is 9.10. The van der Waals surface area contributed by atoms with Crippen LogP contribution in [-0.4, -0.2) is 5.91 Å². The molecule has 0 spiro atoms. The Hall–Kier alpha value is -1.52. The van der Waals surface area contributed by atoms with Crippen LogP contribution in [0.1, 0.15) is 28.9 Å². The molecule has 0 heterocycles. The van der Waals surface area contributed by atoms with Crippen LogP contribution in [0.3, 0.4) is 0 Å². The summed E-state index contributed by atoms with van der Waals surface area (Å²) in [7, 11) is 0. The SMILES string of the molecule is CC(NC(=O)c1ccc(Cl)cc1Br)c1ccc(N)cc1. The van der Waals surface area contributed by atoms with E-state index in [1.165, 1.54) is 0 Å². The Balaban J connectivity index is 2.13. The Morgan fingerprint density at radius 1 is 1.25 bits per heavy atom. The fourth-order valence-electron chi connectivity index (χ4n) is 1.82. The minimum atomic E-state index is -0.155. The molecule has 0 radical (unpaired) electrons. The highest BCUT2D eigenvalue weighted by Gasteiger charge is 2.14. The number of benzene rings is 2. The molecule has 0 bridgehead atoms. The highest BCUT2D eigenvalue weighted by Crippen LogP contribution is 2.22. The Bertz CT molecular complexity index is 628. The molecule has 0 saturated carbocycles. The smallest absolute Gasteiger partial charge is 0.252 e. The molecule has 2 aromatic rings. The van der Waals surface area contributed by atoms with Crippen LogP contribution >= 0.6 is 27.5 Å². The van der Waals surface area contributed by atoms with Crippen LogP contribution in [0.25, 0.3) is 0 Å². The summed E-state index contributed by atoms with van der Waals surface area (Å²) in [5, 5.41) is 3.52. The lowest BCUT2D eigenvalue weighted by Crippen LogP contribution is -2.26. The zero-order valence-electron chi connectivity index (χ0n) is 10.9. The van der Waals surface area contributed by atoms with Crippen molar-refractivity contribution < 1.29 is 4.79 Å². The van der Waals surface area contributed by atoms with Gasteiger partial charge in [-0.3, -0.25) is 4.79 Å². The zero-order valence-corrected chi connectivity index (χ0v) is 13.2. The molecule has 0 saturated heterocycles. The first kappa shape index (κ1) is 14.9. The first-order valence-electron chi connectivity index (χ1n) is 6.08. The second-order valence-electron chi connectivity index (χ2n) is 4.49. The first-order valence-corrected chi connectivity index (χ1v) is 7.26. The molecule has 3 N–H and O–H groups in total. The molecule has 1 unspecified atom stereocenters. The third-order valence-electron chi connectivity index (χ3n) is 2.96. The number of anilines is 1. The van der Waals surface area contributed by atoms with Gasteiger partial charge in [0, 0.05) is 15.2 Å². The molecule has 20 heavy (non-hydrogen) atoms. The van der Waals surface area contributed by atoms with Crippen molar-refractivity contribution in [2.24, 2.45) is 0 Å². The van der Waals surface area contributed by atoms with E-state index in [0.29, 0.717) is 20.7 Å². The molecule has 5 heteroatoms. The van der Waals surface area contributed by atoms with Crippen LogP contribution in [0.2, 0.25) is 5.02 Å². The van der Waals surface area contributed by atoms with Gasteiger partial charge in [0.05, 0.1) is 11.6 Å². The largest absolute Gasteiger partial charge is 0.399 e. The molecular weight excluding hydrogens is 340 g/mol. The molecule has 2 rings (SSSR count). The number of carbonyl (C=O) groups is 1. The van der Waals surface area contributed by atoms with E-state index in [-0.39, 0.29) is 11.9 Å². The molecule has 0 aliphatic carbocycles. The van der Waals surface area contributed by atoms with Crippen molar-refractivity contribution in [3.05, 3.63) is 63.1 Å². The number of hydrogen-bond acceptors (Lipinski definition) is 2. The van der Waals surface area contributed by atoms with E-state index in [1.807, 2.05) is 31.2 Å². The average Bonchev–Trinajstić information content (AvgIpc) is 2.39. The predicted octanol–water partition coefficient (Wildman–Crippen LogP) is 4.18. The van der Waals surface area contributed by atoms with E-state index in [2.05, 4.69) is 21.2 Å². The van der Waals surface area contributed by atoms with Crippen molar-refractivity contribution in [2.45, 2.75) is 13.0 Å². The van der Waals surface area contributed by atoms with Crippen molar-refractivity contribution in [1.82, 2.24) is 5.32 Å². The summed E-state index contributed by atoms with van der Waals surface area (Å²) < 4.78 is 0.673. The number of nitrogen functional groups attached to an aromatic ring is 1. The maximum Gasteiger partial charge on any atom is 0.252 e. The van der Waals surface area contributed by atoms with Gasteiger partial charge in [0.15, 0.2) is 0 Å². The molecule has 104 valence electrons. The van der Waals surface area contributed by atoms with Crippen LogP contribution < -0.4 is 11.1 Å². The van der Waals surface area contributed by atoms with Gasteiger partial charge in [-0.05, 0) is 58.7 Å². The monoisotopic (exact) mass is 352 g/mol. The van der Waals surface area contributed by atoms with Gasteiger partial charge in [0.25, 0.3) is 5.91 Å². The molecule has 0 aromatic heterocycles. The third kappa shape index (κ3) is 3.52. The number of hydrogen-bond donors (Lipinski definition) is 2. The first-order chi connectivity index (χ1) is 9.47. The normalized spacial score (nSPS) is 11.9. The van der Waals surface area contributed by atoms with Gasteiger partial charge in [-0.25, -0.2) is 0 Å². The minimum Gasteiger partial charge on any atom is -0.399 e. The zero-order chi connectivity index (χ0) is 14.7. The molecule has 0 fully saturated rings. The van der Waals surface area contributed by atoms with E-state index in [0.717, 1.165) is 5.56 Å². The number of nitrogens with two attached hydrogens (primary N) is 1. The Morgan fingerprint density at radius 3 is 2.50 bits per heavy atom. The summed E-state index contributed by atoms with van der Waals surface area (Å²) in [6.07, 6.45) is 0. The summed E-state index contributed by atoms with van der Waals surface area (Å²) in [5.41, 5.74) is 7.90. The van der Waals surface area contributed by atoms with E-state index in [9.17, 15) is 4.79 Å². The van der Waals surface area contributed by atoms with Crippen molar-refractivity contribution in [3.63, 3.8) is 0 Å². The van der Waals surface area contributed by atoms with Crippen molar-refractivity contribution in [2.75, 3.05) is 5.73 Å². The van der Waals surface area contributed by atoms with Gasteiger partial charge >= 0.3 is 0 Å². The van der Waals surface area contributed by atoms with Gasteiger partial charge in [0.2, 0.25) is 0 Å². The Labute approximate surface area is 131 Å². The number of rotatable bonds is 3. The van der Waals surface area contributed by atoms with Crippen LogP contribution in [0, 0.1) is 0 Å². The van der Waals surface area contributed by atoms with Gasteiger partial charge in [0.1, 0.15) is 0 Å². The molecular formula is C15H14BrClN2O. The topological polar surface area (TPSA) is 55.1 Å². The lowest BCUT2D eigenvalue weighted by molar-refractivity contribution is 0.0939. The maximum absolute atomic E-state index is 12.2. The van der Waals surface area contributed by atoms with Crippen molar-refractivity contribution in [3.8, 4) is 0 Å². The van der Waals surface area contributed by atoms with Crippen LogP contribution in [0.5, 0.6) is 0 Å². The molecule has 3 nitrogen and oxygen atoms in total. The molecule has 2 aromatic carbocycles. The van der Waals surface area contributed by atoms with Crippen LogP contribution in [0.4, 0.5) is 5.69 Å². The van der Waals surface area contributed by atoms with Crippen LogP contribution in [-0.2, 0) is 0 Å². The Kier molecular flexibility index (Phi) is 4.68. The lowest BCUT2D eigenvalue weighted by Gasteiger charge is -2.15. The standard InChI is InChI=1S/C15H14BrClN2O/c1-9(10-2-5-12(18)6-3-10)19-15(20)13-7-4-11(17)8-14(13)16/h2-9H,18H2,1H3,(H,19,20). The summed E-state index contributed by atoms with van der Waals surface area (Å²) in [6, 6.07) is 12.4. The highest BCUT2D eigenvalue weighted by atomic mass is 79.9. The van der Waals surface area contributed by atoms with E-state index in [4.69, 9.17) is 17.3 Å². The summed E-state index contributed by atoms with van der Waals surface area (Å²) in [6.45, 7) is 1.92. The van der Waals surface area contributed by atoms with Gasteiger partial charge < -0.3 is 11.1 Å². The van der Waals surface area contributed by atoms with Crippen molar-refractivity contribution >= 4 is 39.1 Å². The van der Waals surface area contributed by atoms with Gasteiger partial charge in [-0.15, -0.1) is 0 Å². The second-order valence-corrected chi connectivity index (χ2v) is 5.78. The number of halogens is 2. The van der Waals surface area contributed by atoms with E-state index < -0.39 is 0 Å². The summed E-state index contributed by atoms with van der Waals surface area (Å²) in [5.74, 6) is -0.155. The lowest BCUT2D eigenvalue weighted by atomic mass is 10.1. The fraction of sp³-hybridized carbons (Fsp3) is 0.133. The second kappa shape index (κ2) is 6.29. The van der Waals surface area contributed by atoms with Gasteiger partial charge in [-0.1, -0.05) is 23.7 Å². The Morgan fingerprint density at radius 2 is 1.90 bits per heavy atom. The van der Waals surface area contributed by atoms with Crippen LogP contribution in [0.15, 0.2) is 46.9 Å². The number of nitrogens with one attached hydrogen (secondary N) is 1. The molecule has 0 aliphatic heterocycles. The van der Waals surface area contributed by atoms with Gasteiger partial charge in [-0.2, -0.15) is 0 Å². The third-order valence-corrected chi connectivity index (χ3v) is 3.85. The maximum atomic E-state index is 12.2. The van der Waals surface area contributed by atoms with E-state index in [1.54, 1.807) is 18.2 Å². The fourth-order valence-corrected chi connectivity index (χ4v) is 2.68. The molecule has 1 amide bonds. The molecule has 1 atom stereocenters. The van der Waals surface area contributed by atoms with Crippen molar-refractivity contribution in [1.29, 1.82) is 0 Å².